The molecule has 1 aromatic carbocycles. The van der Waals surface area contributed by atoms with Gasteiger partial charge in [0.05, 0.1) is 11.9 Å². The molecule has 178 valence electrons. The van der Waals surface area contributed by atoms with E-state index in [9.17, 15) is 26.4 Å². The van der Waals surface area contributed by atoms with Gasteiger partial charge in [0.1, 0.15) is 0 Å². The highest BCUT2D eigenvalue weighted by Crippen LogP contribution is 2.67. The molecule has 1 N–H and O–H groups in total. The quantitative estimate of drug-likeness (QED) is 0.658. The zero-order chi connectivity index (χ0) is 23.6. The van der Waals surface area contributed by atoms with Gasteiger partial charge in [0.25, 0.3) is 15.9 Å². The zero-order valence-electron chi connectivity index (χ0n) is 18.0. The number of imidazole rings is 1. The molecule has 3 fully saturated rings. The number of nitrogens with one attached hydrogen (secondary N) is 1. The number of rotatable bonds is 7. The largest absolute Gasteiger partial charge is 0.416 e. The Hall–Kier alpha value is -2.40. The van der Waals surface area contributed by atoms with Gasteiger partial charge in [0, 0.05) is 38.4 Å². The molecule has 33 heavy (non-hydrogen) atoms. The van der Waals surface area contributed by atoms with E-state index in [1.54, 1.807) is 11.6 Å². The van der Waals surface area contributed by atoms with Crippen molar-refractivity contribution < 1.29 is 26.4 Å². The number of halogens is 3. The molecule has 1 aromatic heterocycles. The molecule has 2 heterocycles. The fourth-order valence-corrected chi connectivity index (χ4v) is 6.76. The van der Waals surface area contributed by atoms with Gasteiger partial charge < -0.3 is 9.88 Å². The normalized spacial score (nSPS) is 27.4. The summed E-state index contributed by atoms with van der Waals surface area (Å²) in [6.45, 7) is 1.19. The van der Waals surface area contributed by atoms with E-state index in [1.165, 1.54) is 29.0 Å². The van der Waals surface area contributed by atoms with Crippen molar-refractivity contribution in [3.63, 3.8) is 0 Å². The van der Waals surface area contributed by atoms with E-state index in [-0.39, 0.29) is 27.8 Å². The minimum Gasteiger partial charge on any atom is -0.351 e. The molecule has 0 bridgehead atoms. The molecule has 0 spiro atoms. The van der Waals surface area contributed by atoms with Crippen LogP contribution in [0.5, 0.6) is 0 Å². The molecule has 2 aromatic rings. The molecule has 0 radical (unpaired) electrons. The smallest absolute Gasteiger partial charge is 0.351 e. The zero-order valence-corrected chi connectivity index (χ0v) is 18.9. The lowest BCUT2D eigenvalue weighted by Gasteiger charge is -2.26. The van der Waals surface area contributed by atoms with Gasteiger partial charge in [0.2, 0.25) is 0 Å². The van der Waals surface area contributed by atoms with Gasteiger partial charge in [-0.3, -0.25) is 4.79 Å². The van der Waals surface area contributed by atoms with Gasteiger partial charge in [-0.05, 0) is 53.9 Å². The van der Waals surface area contributed by atoms with Crippen molar-refractivity contribution in [2.24, 2.45) is 30.2 Å². The van der Waals surface area contributed by atoms with E-state index in [4.69, 9.17) is 0 Å². The summed E-state index contributed by atoms with van der Waals surface area (Å²) in [7, 11) is -1.94. The third kappa shape index (κ3) is 4.05. The molecule has 1 aliphatic heterocycles. The molecule has 1 amide bonds. The van der Waals surface area contributed by atoms with Gasteiger partial charge >= 0.3 is 6.18 Å². The molecular formula is C22H25F3N4O3S. The predicted molar refractivity (Wildman–Crippen MR) is 112 cm³/mol. The van der Waals surface area contributed by atoms with Crippen LogP contribution in [0.4, 0.5) is 13.2 Å². The van der Waals surface area contributed by atoms with E-state index in [1.807, 2.05) is 0 Å². The summed E-state index contributed by atoms with van der Waals surface area (Å²) in [5.74, 6) is 0.496. The van der Waals surface area contributed by atoms with E-state index in [0.717, 1.165) is 31.4 Å². The number of fused-ring (bicyclic) bond motifs is 1. The summed E-state index contributed by atoms with van der Waals surface area (Å²) in [5.41, 5.74) is -0.774. The highest BCUT2D eigenvalue weighted by atomic mass is 32.2. The van der Waals surface area contributed by atoms with Crippen LogP contribution in [-0.2, 0) is 23.2 Å². The molecule has 2 saturated carbocycles. The van der Waals surface area contributed by atoms with Crippen molar-refractivity contribution in [1.82, 2.24) is 19.2 Å². The summed E-state index contributed by atoms with van der Waals surface area (Å²) in [6, 6.07) is 4.17. The summed E-state index contributed by atoms with van der Waals surface area (Å²) < 4.78 is 67.2. The second-order valence-corrected chi connectivity index (χ2v) is 11.4. The fourth-order valence-electron chi connectivity index (χ4n) is 5.31. The van der Waals surface area contributed by atoms with Gasteiger partial charge in [0.15, 0.2) is 5.03 Å². The van der Waals surface area contributed by atoms with E-state index in [2.05, 4.69) is 10.3 Å². The first-order valence-corrected chi connectivity index (χ1v) is 12.4. The molecule has 3 aliphatic rings. The molecule has 2 aliphatic carbocycles. The summed E-state index contributed by atoms with van der Waals surface area (Å²) in [5, 5.41) is 2.94. The highest BCUT2D eigenvalue weighted by Gasteiger charge is 2.69. The second-order valence-electron chi connectivity index (χ2n) is 9.55. The van der Waals surface area contributed by atoms with E-state index in [0.29, 0.717) is 25.6 Å². The maximum Gasteiger partial charge on any atom is 0.416 e. The van der Waals surface area contributed by atoms with Crippen LogP contribution in [0, 0.1) is 23.2 Å². The second kappa shape index (κ2) is 7.56. The molecule has 5 rings (SSSR count). The predicted octanol–water partition coefficient (Wildman–Crippen LogP) is 2.91. The molecule has 1 saturated heterocycles. The van der Waals surface area contributed by atoms with Crippen molar-refractivity contribution in [2.75, 3.05) is 19.6 Å². The lowest BCUT2D eigenvalue weighted by molar-refractivity contribution is -0.137. The summed E-state index contributed by atoms with van der Waals surface area (Å²) >= 11 is 0. The molecule has 2 unspecified atom stereocenters. The third-order valence-electron chi connectivity index (χ3n) is 7.36. The maximum atomic E-state index is 12.9. The standard InChI is InChI=1S/C22H25F3N4O3S/c1-28-11-19(27-13-28)33(31,32)29-9-17-18(10-29)21(17,8-14-2-3-14)12-26-20(30)15-4-6-16(7-5-15)22(23,24)25/h4-7,11,13-14,17-18H,2-3,8-10,12H2,1H3,(H,26,30). The average molecular weight is 483 g/mol. The Kier molecular flexibility index (Phi) is 5.13. The average Bonchev–Trinajstić information content (AvgIpc) is 3.52. The Bertz CT molecular complexity index is 1160. The fraction of sp³-hybridized carbons (Fsp3) is 0.545. The lowest BCUT2D eigenvalue weighted by Crippen LogP contribution is -2.39. The summed E-state index contributed by atoms with van der Waals surface area (Å²) in [6.07, 6.45) is 1.72. The Balaban J connectivity index is 1.25. The number of piperidine rings is 1. The Morgan fingerprint density at radius 1 is 1.18 bits per heavy atom. The van der Waals surface area contributed by atoms with Crippen LogP contribution >= 0.6 is 0 Å². The van der Waals surface area contributed by atoms with Gasteiger partial charge in [-0.25, -0.2) is 13.4 Å². The number of nitrogens with zero attached hydrogens (tertiary/aromatic N) is 3. The van der Waals surface area contributed by atoms with Crippen LogP contribution in [0.3, 0.4) is 0 Å². The Morgan fingerprint density at radius 3 is 2.33 bits per heavy atom. The monoisotopic (exact) mass is 482 g/mol. The number of alkyl halides is 3. The topological polar surface area (TPSA) is 84.3 Å². The van der Waals surface area contributed by atoms with Crippen LogP contribution in [0.1, 0.15) is 35.2 Å². The van der Waals surface area contributed by atoms with Crippen LogP contribution in [0.2, 0.25) is 0 Å². The number of aromatic nitrogens is 2. The number of amides is 1. The van der Waals surface area contributed by atoms with Crippen LogP contribution in [-0.4, -0.2) is 47.8 Å². The van der Waals surface area contributed by atoms with Gasteiger partial charge in [-0.2, -0.15) is 17.5 Å². The number of carbonyl (C=O) groups excluding carboxylic acids is 1. The minimum absolute atomic E-state index is 0.0368. The van der Waals surface area contributed by atoms with Crippen molar-refractivity contribution in [2.45, 2.75) is 30.5 Å². The maximum absolute atomic E-state index is 12.9. The van der Waals surface area contributed by atoms with E-state index >= 15 is 0 Å². The third-order valence-corrected chi connectivity index (χ3v) is 9.08. The molecule has 2 atom stereocenters. The van der Waals surface area contributed by atoms with Crippen LogP contribution in [0.15, 0.2) is 41.8 Å². The van der Waals surface area contributed by atoms with Gasteiger partial charge in [-0.15, -0.1) is 0 Å². The molecule has 7 nitrogen and oxygen atoms in total. The van der Waals surface area contributed by atoms with Gasteiger partial charge in [-0.1, -0.05) is 12.8 Å². The van der Waals surface area contributed by atoms with E-state index < -0.39 is 27.7 Å². The number of sulfonamides is 1. The Morgan fingerprint density at radius 2 is 1.82 bits per heavy atom. The first-order valence-electron chi connectivity index (χ1n) is 10.9. The van der Waals surface area contributed by atoms with Crippen molar-refractivity contribution in [1.29, 1.82) is 0 Å². The first-order chi connectivity index (χ1) is 15.5. The van der Waals surface area contributed by atoms with Crippen molar-refractivity contribution in [3.8, 4) is 0 Å². The van der Waals surface area contributed by atoms with Crippen molar-refractivity contribution in [3.05, 3.63) is 47.9 Å². The number of aryl methyl sites for hydroxylation is 1. The van der Waals surface area contributed by atoms with Crippen LogP contribution in [0.25, 0.3) is 0 Å². The SMILES string of the molecule is Cn1cnc(S(=O)(=O)N2CC3C(C2)C3(CNC(=O)c2ccc(C(F)(F)F)cc2)CC2CC2)c1. The summed E-state index contributed by atoms with van der Waals surface area (Å²) in [4.78, 5) is 16.6. The van der Waals surface area contributed by atoms with Crippen molar-refractivity contribution >= 4 is 15.9 Å². The molecule has 11 heteroatoms. The number of benzene rings is 1. The lowest BCUT2D eigenvalue weighted by atomic mass is 9.92. The molecular weight excluding hydrogens is 457 g/mol. The number of hydrogen-bond donors (Lipinski definition) is 1. The number of hydrogen-bond acceptors (Lipinski definition) is 4. The highest BCUT2D eigenvalue weighted by molar-refractivity contribution is 7.89. The number of carbonyl (C=O) groups is 1. The first kappa shape index (κ1) is 22.4. The Labute approximate surface area is 190 Å². The van der Waals surface area contributed by atoms with Crippen LogP contribution < -0.4 is 5.32 Å². The minimum atomic E-state index is -4.45.